The highest BCUT2D eigenvalue weighted by Crippen LogP contribution is 2.20. The van der Waals surface area contributed by atoms with Gasteiger partial charge in [-0.25, -0.2) is 9.67 Å². The summed E-state index contributed by atoms with van der Waals surface area (Å²) in [6, 6.07) is 0. The average Bonchev–Trinajstić information content (AvgIpc) is 3.16. The zero-order chi connectivity index (χ0) is 14.5. The van der Waals surface area contributed by atoms with E-state index < -0.39 is 0 Å². The van der Waals surface area contributed by atoms with Crippen LogP contribution in [0.1, 0.15) is 19.0 Å². The Labute approximate surface area is 130 Å². The lowest BCUT2D eigenvalue weighted by Gasteiger charge is -2.04. The van der Waals surface area contributed by atoms with Crippen molar-refractivity contribution in [2.24, 2.45) is 0 Å². The standard InChI is InChI=1S/C12H17N7S2/c1-2-3-13-4-5-19-12(15-16-17-19)21-9-10-8-18-6-7-20-11(18)14-10/h6-8,13H,2-5,9H2,1H3. The van der Waals surface area contributed by atoms with Gasteiger partial charge in [0.25, 0.3) is 0 Å². The number of fused-ring (bicyclic) bond motifs is 1. The molecule has 0 saturated carbocycles. The van der Waals surface area contributed by atoms with Crippen LogP contribution in [0.4, 0.5) is 0 Å². The molecular weight excluding hydrogens is 306 g/mol. The smallest absolute Gasteiger partial charge is 0.209 e. The number of hydrogen-bond acceptors (Lipinski definition) is 7. The van der Waals surface area contributed by atoms with E-state index in [9.17, 15) is 0 Å². The Morgan fingerprint density at radius 2 is 2.33 bits per heavy atom. The van der Waals surface area contributed by atoms with Crippen molar-refractivity contribution in [2.75, 3.05) is 13.1 Å². The van der Waals surface area contributed by atoms with E-state index in [1.807, 2.05) is 20.7 Å². The number of nitrogens with one attached hydrogen (secondary N) is 1. The number of nitrogens with zero attached hydrogens (tertiary/aromatic N) is 6. The average molecular weight is 323 g/mol. The van der Waals surface area contributed by atoms with Crippen LogP contribution < -0.4 is 5.32 Å². The Hall–Kier alpha value is -1.45. The minimum atomic E-state index is 0.775. The van der Waals surface area contributed by atoms with E-state index in [-0.39, 0.29) is 0 Å². The number of rotatable bonds is 8. The van der Waals surface area contributed by atoms with E-state index >= 15 is 0 Å². The van der Waals surface area contributed by atoms with Crippen molar-refractivity contribution < 1.29 is 0 Å². The molecule has 0 atom stereocenters. The molecule has 0 radical (unpaired) electrons. The van der Waals surface area contributed by atoms with Gasteiger partial charge in [-0.2, -0.15) is 0 Å². The normalized spacial score (nSPS) is 11.5. The fourth-order valence-electron chi connectivity index (χ4n) is 1.91. The fourth-order valence-corrected chi connectivity index (χ4v) is 3.42. The first-order valence-electron chi connectivity index (χ1n) is 6.87. The Morgan fingerprint density at radius 3 is 3.19 bits per heavy atom. The minimum Gasteiger partial charge on any atom is -0.315 e. The van der Waals surface area contributed by atoms with E-state index in [0.717, 1.165) is 47.6 Å². The van der Waals surface area contributed by atoms with Crippen molar-refractivity contribution in [3.05, 3.63) is 23.5 Å². The van der Waals surface area contributed by atoms with E-state index in [1.54, 1.807) is 23.1 Å². The van der Waals surface area contributed by atoms with Crippen LogP contribution in [0.2, 0.25) is 0 Å². The first kappa shape index (κ1) is 14.5. The quantitative estimate of drug-likeness (QED) is 0.502. The van der Waals surface area contributed by atoms with Gasteiger partial charge in [-0.15, -0.1) is 16.4 Å². The zero-order valence-electron chi connectivity index (χ0n) is 11.8. The molecule has 0 aromatic carbocycles. The van der Waals surface area contributed by atoms with Gasteiger partial charge >= 0.3 is 0 Å². The summed E-state index contributed by atoms with van der Waals surface area (Å²) in [5, 5.41) is 18.1. The Kier molecular flexibility index (Phi) is 4.84. The molecule has 0 aliphatic carbocycles. The third kappa shape index (κ3) is 3.60. The second-order valence-electron chi connectivity index (χ2n) is 4.55. The zero-order valence-corrected chi connectivity index (χ0v) is 13.4. The van der Waals surface area contributed by atoms with Gasteiger partial charge in [-0.3, -0.25) is 4.40 Å². The van der Waals surface area contributed by atoms with Gasteiger partial charge in [0.15, 0.2) is 4.96 Å². The van der Waals surface area contributed by atoms with Crippen LogP contribution in [0.25, 0.3) is 4.96 Å². The van der Waals surface area contributed by atoms with Crippen LogP contribution in [0.5, 0.6) is 0 Å². The molecule has 0 fully saturated rings. The predicted octanol–water partition coefficient (Wildman–Crippen LogP) is 1.67. The Balaban J connectivity index is 1.55. The molecule has 0 aliphatic heterocycles. The summed E-state index contributed by atoms with van der Waals surface area (Å²) in [6.45, 7) is 4.84. The topological polar surface area (TPSA) is 72.9 Å². The largest absolute Gasteiger partial charge is 0.315 e. The summed E-state index contributed by atoms with van der Waals surface area (Å²) in [4.78, 5) is 5.58. The molecule has 9 heteroatoms. The molecule has 21 heavy (non-hydrogen) atoms. The summed E-state index contributed by atoms with van der Waals surface area (Å²) in [5.74, 6) is 0.775. The molecule has 0 amide bonds. The molecule has 0 aliphatic rings. The van der Waals surface area contributed by atoms with Gasteiger partial charge < -0.3 is 5.32 Å². The molecule has 3 aromatic heterocycles. The third-order valence-corrected chi connectivity index (χ3v) is 4.68. The highest BCUT2D eigenvalue weighted by molar-refractivity contribution is 7.98. The minimum absolute atomic E-state index is 0.775. The van der Waals surface area contributed by atoms with Crippen molar-refractivity contribution in [1.29, 1.82) is 0 Å². The van der Waals surface area contributed by atoms with Crippen LogP contribution in [0, 0.1) is 0 Å². The highest BCUT2D eigenvalue weighted by Gasteiger charge is 2.09. The third-order valence-electron chi connectivity index (χ3n) is 2.92. The number of imidazole rings is 1. The molecule has 7 nitrogen and oxygen atoms in total. The van der Waals surface area contributed by atoms with Gasteiger partial charge in [-0.1, -0.05) is 18.7 Å². The summed E-state index contributed by atoms with van der Waals surface area (Å²) >= 11 is 3.26. The lowest BCUT2D eigenvalue weighted by atomic mass is 10.5. The second kappa shape index (κ2) is 7.01. The molecule has 1 N–H and O–H groups in total. The van der Waals surface area contributed by atoms with Gasteiger partial charge in [0.05, 0.1) is 12.2 Å². The van der Waals surface area contributed by atoms with Crippen molar-refractivity contribution in [3.8, 4) is 0 Å². The monoisotopic (exact) mass is 323 g/mol. The molecule has 3 aromatic rings. The van der Waals surface area contributed by atoms with E-state index in [4.69, 9.17) is 0 Å². The van der Waals surface area contributed by atoms with E-state index in [1.165, 1.54) is 0 Å². The number of tetrazole rings is 1. The Morgan fingerprint density at radius 1 is 1.38 bits per heavy atom. The van der Waals surface area contributed by atoms with Crippen LogP contribution in [0.15, 0.2) is 22.9 Å². The summed E-state index contributed by atoms with van der Waals surface area (Å²) in [7, 11) is 0. The predicted molar refractivity (Wildman–Crippen MR) is 83.6 cm³/mol. The van der Waals surface area contributed by atoms with Crippen LogP contribution in [-0.2, 0) is 12.3 Å². The SMILES string of the molecule is CCCNCCn1nnnc1SCc1cn2ccsc2n1. The van der Waals surface area contributed by atoms with Gasteiger partial charge in [0.2, 0.25) is 5.16 Å². The van der Waals surface area contributed by atoms with E-state index in [2.05, 4.69) is 38.9 Å². The van der Waals surface area contributed by atoms with Crippen molar-refractivity contribution in [1.82, 2.24) is 34.9 Å². The molecule has 0 unspecified atom stereocenters. The molecule has 0 bridgehead atoms. The number of thiazole rings is 1. The lowest BCUT2D eigenvalue weighted by molar-refractivity contribution is 0.510. The number of thioether (sulfide) groups is 1. The maximum atomic E-state index is 4.56. The number of aromatic nitrogens is 6. The Bertz CT molecular complexity index is 658. The lowest BCUT2D eigenvalue weighted by Crippen LogP contribution is -2.21. The fraction of sp³-hybridized carbons (Fsp3) is 0.500. The summed E-state index contributed by atoms with van der Waals surface area (Å²) < 4.78 is 3.88. The highest BCUT2D eigenvalue weighted by atomic mass is 32.2. The molecule has 0 spiro atoms. The maximum Gasteiger partial charge on any atom is 0.209 e. The first-order valence-corrected chi connectivity index (χ1v) is 8.74. The summed E-state index contributed by atoms with van der Waals surface area (Å²) in [6.07, 6.45) is 5.20. The molecule has 112 valence electrons. The van der Waals surface area contributed by atoms with Crippen molar-refractivity contribution in [3.63, 3.8) is 0 Å². The van der Waals surface area contributed by atoms with Gasteiger partial charge in [0.1, 0.15) is 0 Å². The second-order valence-corrected chi connectivity index (χ2v) is 6.36. The molecule has 3 heterocycles. The van der Waals surface area contributed by atoms with Gasteiger partial charge in [0, 0.05) is 30.1 Å². The van der Waals surface area contributed by atoms with Crippen LogP contribution in [-0.4, -0.2) is 42.7 Å². The molecular formula is C12H17N7S2. The van der Waals surface area contributed by atoms with Gasteiger partial charge in [-0.05, 0) is 23.4 Å². The first-order chi connectivity index (χ1) is 10.4. The van der Waals surface area contributed by atoms with Crippen LogP contribution >= 0.6 is 23.1 Å². The van der Waals surface area contributed by atoms with Crippen LogP contribution in [0.3, 0.4) is 0 Å². The van der Waals surface area contributed by atoms with E-state index in [0.29, 0.717) is 0 Å². The van der Waals surface area contributed by atoms with Crippen molar-refractivity contribution in [2.45, 2.75) is 30.8 Å². The summed E-state index contributed by atoms with van der Waals surface area (Å²) in [5.41, 5.74) is 1.05. The molecule has 0 saturated heterocycles. The molecule has 3 rings (SSSR count). The number of hydrogen-bond donors (Lipinski definition) is 1. The maximum absolute atomic E-state index is 4.56. The van der Waals surface area contributed by atoms with Crippen molar-refractivity contribution >= 4 is 28.1 Å².